The number of sulfonamides is 1. The van der Waals surface area contributed by atoms with E-state index in [1.54, 1.807) is 27.8 Å². The van der Waals surface area contributed by atoms with Gasteiger partial charge in [0, 0.05) is 13.2 Å². The molecule has 1 N–H and O–H groups in total. The number of nitrogens with one attached hydrogen (secondary N) is 1. The molecule has 0 aliphatic carbocycles. The summed E-state index contributed by atoms with van der Waals surface area (Å²) < 4.78 is 32.6. The third-order valence-corrected chi connectivity index (χ3v) is 3.58. The molecule has 0 fully saturated rings. The highest BCUT2D eigenvalue weighted by molar-refractivity contribution is 7.89. The van der Waals surface area contributed by atoms with Crippen molar-refractivity contribution < 1.29 is 17.9 Å². The number of hydrogen-bond donors (Lipinski definition) is 1. The van der Waals surface area contributed by atoms with Crippen molar-refractivity contribution >= 4 is 16.0 Å². The molecular weight excluding hydrogens is 270 g/mol. The molecular formula is C11H19N3O4S. The van der Waals surface area contributed by atoms with Crippen LogP contribution < -0.4 is 4.72 Å². The topological polar surface area (TPSA) is 90.3 Å². The molecule has 0 bridgehead atoms. The fraction of sp³-hybridized carbons (Fsp3) is 0.636. The Morgan fingerprint density at radius 2 is 2.05 bits per heavy atom. The van der Waals surface area contributed by atoms with Crippen LogP contribution >= 0.6 is 0 Å². The second-order valence-corrected chi connectivity index (χ2v) is 6.94. The largest absolute Gasteiger partial charge is 0.459 e. The first kappa shape index (κ1) is 15.6. The van der Waals surface area contributed by atoms with Gasteiger partial charge in [0.2, 0.25) is 10.0 Å². The minimum absolute atomic E-state index is 0.00501. The van der Waals surface area contributed by atoms with Crippen LogP contribution in [0.4, 0.5) is 0 Å². The van der Waals surface area contributed by atoms with Gasteiger partial charge in [-0.3, -0.25) is 9.48 Å². The van der Waals surface area contributed by atoms with E-state index >= 15 is 0 Å². The molecule has 1 rings (SSSR count). The monoisotopic (exact) mass is 289 g/mol. The molecule has 19 heavy (non-hydrogen) atoms. The molecule has 108 valence electrons. The number of aromatic nitrogens is 2. The van der Waals surface area contributed by atoms with Gasteiger partial charge in [-0.2, -0.15) is 9.82 Å². The van der Waals surface area contributed by atoms with E-state index in [9.17, 15) is 13.2 Å². The molecule has 0 aromatic carbocycles. The molecule has 0 aliphatic rings. The zero-order valence-electron chi connectivity index (χ0n) is 11.7. The Morgan fingerprint density at radius 1 is 1.47 bits per heavy atom. The van der Waals surface area contributed by atoms with Gasteiger partial charge in [-0.25, -0.2) is 8.42 Å². The van der Waals surface area contributed by atoms with Crippen molar-refractivity contribution in [2.24, 2.45) is 7.05 Å². The van der Waals surface area contributed by atoms with Crippen molar-refractivity contribution in [1.82, 2.24) is 14.5 Å². The van der Waals surface area contributed by atoms with Crippen LogP contribution in [0, 0.1) is 0 Å². The highest BCUT2D eigenvalue weighted by atomic mass is 32.2. The lowest BCUT2D eigenvalue weighted by molar-refractivity contribution is -0.156. The first-order chi connectivity index (χ1) is 8.51. The average molecular weight is 289 g/mol. The number of hydrogen-bond acceptors (Lipinski definition) is 5. The van der Waals surface area contributed by atoms with Gasteiger partial charge >= 0.3 is 5.97 Å². The van der Waals surface area contributed by atoms with E-state index in [2.05, 4.69) is 9.82 Å². The summed E-state index contributed by atoms with van der Waals surface area (Å²) >= 11 is 0. The highest BCUT2D eigenvalue weighted by Crippen LogP contribution is 2.11. The van der Waals surface area contributed by atoms with E-state index in [1.807, 2.05) is 0 Å². The molecule has 0 saturated heterocycles. The lowest BCUT2D eigenvalue weighted by Crippen LogP contribution is -2.42. The fourth-order valence-corrected chi connectivity index (χ4v) is 2.45. The van der Waals surface area contributed by atoms with E-state index in [4.69, 9.17) is 4.74 Å². The first-order valence-corrected chi connectivity index (χ1v) is 7.23. The van der Waals surface area contributed by atoms with Crippen LogP contribution in [-0.4, -0.2) is 35.8 Å². The average Bonchev–Trinajstić information content (AvgIpc) is 2.62. The number of ether oxygens (including phenoxy) is 1. The summed E-state index contributed by atoms with van der Waals surface area (Å²) in [5.41, 5.74) is -0.662. The molecule has 0 aliphatic heterocycles. The summed E-state index contributed by atoms with van der Waals surface area (Å²) in [5.74, 6) is -0.625. The van der Waals surface area contributed by atoms with E-state index in [1.165, 1.54) is 24.0 Å². The molecule has 0 spiro atoms. The molecule has 1 heterocycles. The molecule has 0 unspecified atom stereocenters. The molecule has 0 saturated carbocycles. The molecule has 0 amide bonds. The summed E-state index contributed by atoms with van der Waals surface area (Å²) in [5, 5.41) is 3.78. The van der Waals surface area contributed by atoms with Crippen LogP contribution in [0.15, 0.2) is 17.3 Å². The van der Waals surface area contributed by atoms with Crippen molar-refractivity contribution in [3.63, 3.8) is 0 Å². The number of nitrogens with zero attached hydrogens (tertiary/aromatic N) is 2. The summed E-state index contributed by atoms with van der Waals surface area (Å²) in [6.07, 6.45) is 2.56. The normalized spacial score (nSPS) is 14.2. The van der Waals surface area contributed by atoms with Gasteiger partial charge in [-0.15, -0.1) is 0 Å². The lowest BCUT2D eigenvalue weighted by atomic mass is 10.2. The van der Waals surface area contributed by atoms with Gasteiger partial charge in [0.05, 0.1) is 6.20 Å². The van der Waals surface area contributed by atoms with Crippen molar-refractivity contribution in [2.45, 2.75) is 44.2 Å². The SMILES string of the molecule is C[C@H](NS(=O)(=O)c1cnn(C)c1)C(=O)OC(C)(C)C. The maximum Gasteiger partial charge on any atom is 0.324 e. The van der Waals surface area contributed by atoms with Crippen molar-refractivity contribution in [1.29, 1.82) is 0 Å². The van der Waals surface area contributed by atoms with Gasteiger partial charge in [-0.05, 0) is 27.7 Å². The molecule has 1 aromatic heterocycles. The molecule has 8 heteroatoms. The van der Waals surface area contributed by atoms with Gasteiger partial charge < -0.3 is 4.74 Å². The standard InChI is InChI=1S/C11H19N3O4S/c1-8(10(15)18-11(2,3)4)13-19(16,17)9-6-12-14(5)7-9/h6-8,13H,1-5H3/t8-/m0/s1. The predicted molar refractivity (Wildman–Crippen MR) is 68.8 cm³/mol. The van der Waals surface area contributed by atoms with Gasteiger partial charge in [0.1, 0.15) is 16.5 Å². The molecule has 7 nitrogen and oxygen atoms in total. The third kappa shape index (κ3) is 4.64. The number of esters is 1. The van der Waals surface area contributed by atoms with Gasteiger partial charge in [0.15, 0.2) is 0 Å². The zero-order valence-corrected chi connectivity index (χ0v) is 12.5. The minimum Gasteiger partial charge on any atom is -0.459 e. The fourth-order valence-electron chi connectivity index (χ4n) is 1.28. The Hall–Kier alpha value is -1.41. The van der Waals surface area contributed by atoms with Gasteiger partial charge in [-0.1, -0.05) is 0 Å². The van der Waals surface area contributed by atoms with E-state index in [0.29, 0.717) is 0 Å². The van der Waals surface area contributed by atoms with Crippen molar-refractivity contribution in [2.75, 3.05) is 0 Å². The van der Waals surface area contributed by atoms with Gasteiger partial charge in [0.25, 0.3) is 0 Å². The smallest absolute Gasteiger partial charge is 0.324 e. The molecule has 0 radical (unpaired) electrons. The summed E-state index contributed by atoms with van der Waals surface area (Å²) in [6, 6.07) is -0.968. The Kier molecular flexibility index (Phi) is 4.36. The van der Waals surface area contributed by atoms with Crippen LogP contribution in [0.1, 0.15) is 27.7 Å². The first-order valence-electron chi connectivity index (χ1n) is 5.75. The number of rotatable bonds is 4. The van der Waals surface area contributed by atoms with Crippen LogP contribution in [0.5, 0.6) is 0 Å². The maximum atomic E-state index is 12.0. The van der Waals surface area contributed by atoms with E-state index in [0.717, 1.165) is 0 Å². The van der Waals surface area contributed by atoms with Crippen LogP contribution in [0.3, 0.4) is 0 Å². The third-order valence-electron chi connectivity index (χ3n) is 2.08. The van der Waals surface area contributed by atoms with Crippen molar-refractivity contribution in [3.05, 3.63) is 12.4 Å². The maximum absolute atomic E-state index is 12.0. The van der Waals surface area contributed by atoms with E-state index < -0.39 is 27.6 Å². The number of aryl methyl sites for hydroxylation is 1. The zero-order chi connectivity index (χ0) is 14.8. The van der Waals surface area contributed by atoms with Crippen molar-refractivity contribution in [3.8, 4) is 0 Å². The Bertz CT molecular complexity index is 557. The molecule has 1 atom stereocenters. The summed E-state index contributed by atoms with van der Waals surface area (Å²) in [4.78, 5) is 11.7. The van der Waals surface area contributed by atoms with E-state index in [-0.39, 0.29) is 4.90 Å². The minimum atomic E-state index is -3.77. The Labute approximate surface area is 113 Å². The van der Waals surface area contributed by atoms with Crippen LogP contribution in [-0.2, 0) is 26.6 Å². The summed E-state index contributed by atoms with van der Waals surface area (Å²) in [6.45, 7) is 6.58. The highest BCUT2D eigenvalue weighted by Gasteiger charge is 2.27. The number of carbonyl (C=O) groups is 1. The number of carbonyl (C=O) groups excluding carboxylic acids is 1. The second-order valence-electron chi connectivity index (χ2n) is 5.23. The molecule has 1 aromatic rings. The Morgan fingerprint density at radius 3 is 2.47 bits per heavy atom. The Balaban J connectivity index is 2.76. The summed E-state index contributed by atoms with van der Waals surface area (Å²) in [7, 11) is -2.17. The lowest BCUT2D eigenvalue weighted by Gasteiger charge is -2.22. The van der Waals surface area contributed by atoms with Crippen LogP contribution in [0.25, 0.3) is 0 Å². The predicted octanol–water partition coefficient (Wildman–Crippen LogP) is 0.429. The quantitative estimate of drug-likeness (QED) is 0.812. The van der Waals surface area contributed by atoms with Crippen LogP contribution in [0.2, 0.25) is 0 Å². The second kappa shape index (κ2) is 5.30.